The largest absolute Gasteiger partial charge is 0.377 e. The van der Waals surface area contributed by atoms with Crippen LogP contribution in [0.1, 0.15) is 49.7 Å². The highest BCUT2D eigenvalue weighted by Crippen LogP contribution is 2.61. The van der Waals surface area contributed by atoms with Crippen molar-refractivity contribution < 1.29 is 0 Å². The van der Waals surface area contributed by atoms with Gasteiger partial charge in [0.15, 0.2) is 0 Å². The molecule has 2 aromatic rings. The highest BCUT2D eigenvalue weighted by atomic mass is 35.5. The zero-order valence-electron chi connectivity index (χ0n) is 13.8. The first-order valence-corrected chi connectivity index (χ1v) is 9.29. The summed E-state index contributed by atoms with van der Waals surface area (Å²) < 4.78 is 0. The third-order valence-electron chi connectivity index (χ3n) is 6.61. The van der Waals surface area contributed by atoms with Gasteiger partial charge >= 0.3 is 0 Å². The monoisotopic (exact) mass is 358 g/mol. The Hall–Kier alpha value is -1.38. The number of halogens is 2. The Labute approximate surface area is 152 Å². The first-order valence-electron chi connectivity index (χ1n) is 8.54. The van der Waals surface area contributed by atoms with E-state index >= 15 is 0 Å². The van der Waals surface area contributed by atoms with Crippen LogP contribution in [0.4, 0.5) is 11.4 Å². The average Bonchev–Trinajstić information content (AvgIpc) is 2.51. The number of benzene rings is 2. The van der Waals surface area contributed by atoms with Crippen LogP contribution in [0.3, 0.4) is 0 Å². The molecule has 4 bridgehead atoms. The molecule has 0 saturated heterocycles. The smallest absolute Gasteiger partial charge is 0.0578 e. The molecule has 1 saturated carbocycles. The first kappa shape index (κ1) is 14.9. The van der Waals surface area contributed by atoms with Gasteiger partial charge in [-0.2, -0.15) is 0 Å². The van der Waals surface area contributed by atoms with Crippen molar-refractivity contribution in [2.75, 3.05) is 10.6 Å². The summed E-state index contributed by atoms with van der Waals surface area (Å²) in [5, 5.41) is 9.20. The second kappa shape index (κ2) is 4.62. The zero-order valence-corrected chi connectivity index (χ0v) is 15.3. The summed E-state index contributed by atoms with van der Waals surface area (Å²) in [6.45, 7) is 4.67. The van der Waals surface area contributed by atoms with Crippen molar-refractivity contribution in [2.45, 2.75) is 49.6 Å². The fourth-order valence-electron chi connectivity index (χ4n) is 5.16. The molecule has 2 nitrogen and oxygen atoms in total. The maximum Gasteiger partial charge on any atom is 0.0578 e. The van der Waals surface area contributed by atoms with Gasteiger partial charge in [-0.3, -0.25) is 0 Å². The predicted octanol–water partition coefficient (Wildman–Crippen LogP) is 6.02. The normalized spacial score (nSPS) is 35.3. The molecule has 0 spiro atoms. The van der Waals surface area contributed by atoms with Crippen molar-refractivity contribution in [1.29, 1.82) is 0 Å². The van der Waals surface area contributed by atoms with Crippen LogP contribution >= 0.6 is 23.2 Å². The molecule has 4 atom stereocenters. The van der Waals surface area contributed by atoms with Crippen molar-refractivity contribution in [3.8, 4) is 0 Å². The van der Waals surface area contributed by atoms with Crippen molar-refractivity contribution in [3.63, 3.8) is 0 Å². The number of rotatable bonds is 0. The van der Waals surface area contributed by atoms with Crippen LogP contribution in [-0.4, -0.2) is 11.1 Å². The average molecular weight is 359 g/mol. The Kier molecular flexibility index (Phi) is 2.87. The number of nitrogens with one attached hydrogen (secondary N) is 2. The van der Waals surface area contributed by atoms with E-state index in [1.165, 1.54) is 22.5 Å². The summed E-state index contributed by atoms with van der Waals surface area (Å²) in [4.78, 5) is 0. The highest BCUT2D eigenvalue weighted by Gasteiger charge is 2.58. The third-order valence-corrected chi connectivity index (χ3v) is 7.08. The van der Waals surface area contributed by atoms with E-state index in [1.54, 1.807) is 0 Å². The topological polar surface area (TPSA) is 24.1 Å². The van der Waals surface area contributed by atoms with Gasteiger partial charge in [0.1, 0.15) is 0 Å². The van der Waals surface area contributed by atoms with Crippen LogP contribution in [0.15, 0.2) is 36.4 Å². The standard InChI is InChI=1S/C20H20Cl2N2/c1-19-9-15(13-5-3-11(21)7-17(13)23-19)16-10-20(19,2)24-18-8-12(22)4-6-14(16)18/h3-8,15-16,23-24H,9-10H2,1-2H3. The molecule has 2 heterocycles. The molecule has 4 heteroatoms. The Balaban J connectivity index is 1.75. The van der Waals surface area contributed by atoms with Crippen LogP contribution < -0.4 is 10.6 Å². The van der Waals surface area contributed by atoms with E-state index in [0.29, 0.717) is 11.8 Å². The molecule has 1 aliphatic carbocycles. The van der Waals surface area contributed by atoms with Crippen LogP contribution in [0, 0.1) is 0 Å². The molecule has 2 aromatic carbocycles. The van der Waals surface area contributed by atoms with Crippen LogP contribution in [0.5, 0.6) is 0 Å². The van der Waals surface area contributed by atoms with E-state index in [9.17, 15) is 0 Å². The molecular weight excluding hydrogens is 339 g/mol. The lowest BCUT2D eigenvalue weighted by Gasteiger charge is -2.61. The fraction of sp³-hybridized carbons (Fsp3) is 0.400. The van der Waals surface area contributed by atoms with Crippen molar-refractivity contribution in [3.05, 3.63) is 57.6 Å². The summed E-state index contributed by atoms with van der Waals surface area (Å²) in [5.74, 6) is 1.03. The molecule has 2 aliphatic heterocycles. The predicted molar refractivity (Wildman–Crippen MR) is 102 cm³/mol. The number of hydrogen-bond donors (Lipinski definition) is 2. The Morgan fingerprint density at radius 3 is 1.62 bits per heavy atom. The van der Waals surface area contributed by atoms with Crippen LogP contribution in [0.2, 0.25) is 10.0 Å². The van der Waals surface area contributed by atoms with Gasteiger partial charge in [-0.25, -0.2) is 0 Å². The molecule has 0 radical (unpaired) electrons. The molecule has 0 amide bonds. The van der Waals surface area contributed by atoms with Crippen molar-refractivity contribution in [1.82, 2.24) is 0 Å². The molecule has 3 aliphatic rings. The van der Waals surface area contributed by atoms with E-state index in [4.69, 9.17) is 23.2 Å². The number of hydrogen-bond acceptors (Lipinski definition) is 2. The minimum Gasteiger partial charge on any atom is -0.377 e. The number of fused-ring (bicyclic) bond motifs is 10. The molecule has 2 N–H and O–H groups in total. The fourth-order valence-corrected chi connectivity index (χ4v) is 5.50. The van der Waals surface area contributed by atoms with Gasteiger partial charge in [0, 0.05) is 21.4 Å². The molecule has 4 unspecified atom stereocenters. The zero-order chi connectivity index (χ0) is 16.7. The minimum absolute atomic E-state index is 0.0220. The minimum atomic E-state index is -0.0220. The Bertz CT molecular complexity index is 793. The van der Waals surface area contributed by atoms with Gasteiger partial charge in [-0.1, -0.05) is 35.3 Å². The summed E-state index contributed by atoms with van der Waals surface area (Å²) in [6, 6.07) is 12.6. The summed E-state index contributed by atoms with van der Waals surface area (Å²) in [7, 11) is 0. The molecule has 24 heavy (non-hydrogen) atoms. The van der Waals surface area contributed by atoms with E-state index < -0.39 is 0 Å². The molecule has 1 fully saturated rings. The molecule has 0 aromatic heterocycles. The second-order valence-electron chi connectivity index (χ2n) is 8.00. The van der Waals surface area contributed by atoms with E-state index in [0.717, 1.165) is 22.9 Å². The van der Waals surface area contributed by atoms with Gasteiger partial charge in [0.25, 0.3) is 0 Å². The lowest BCUT2D eigenvalue weighted by Crippen LogP contribution is -2.67. The molecular formula is C20H20Cl2N2. The SMILES string of the molecule is CC12CC(c3ccc(Cl)cc3N1)C1CC2(C)Nc2cc(Cl)ccc21. The summed E-state index contributed by atoms with van der Waals surface area (Å²) >= 11 is 12.5. The second-order valence-corrected chi connectivity index (χ2v) is 8.87. The van der Waals surface area contributed by atoms with E-state index in [2.05, 4.69) is 48.7 Å². The Morgan fingerprint density at radius 2 is 1.21 bits per heavy atom. The third kappa shape index (κ3) is 1.84. The lowest BCUT2D eigenvalue weighted by atomic mass is 9.54. The van der Waals surface area contributed by atoms with Gasteiger partial charge in [0.2, 0.25) is 0 Å². The van der Waals surface area contributed by atoms with Gasteiger partial charge in [0.05, 0.1) is 11.1 Å². The maximum atomic E-state index is 6.26. The highest BCUT2D eigenvalue weighted by molar-refractivity contribution is 6.31. The first-order chi connectivity index (χ1) is 11.4. The summed E-state index contributed by atoms with van der Waals surface area (Å²) in [6.07, 6.45) is 2.25. The molecule has 5 rings (SSSR count). The Morgan fingerprint density at radius 1 is 0.792 bits per heavy atom. The van der Waals surface area contributed by atoms with E-state index in [-0.39, 0.29) is 11.1 Å². The van der Waals surface area contributed by atoms with Crippen LogP contribution in [-0.2, 0) is 0 Å². The lowest BCUT2D eigenvalue weighted by molar-refractivity contribution is 0.164. The van der Waals surface area contributed by atoms with Crippen LogP contribution in [0.25, 0.3) is 0 Å². The molecule has 124 valence electrons. The van der Waals surface area contributed by atoms with Crippen molar-refractivity contribution in [2.24, 2.45) is 0 Å². The summed E-state index contributed by atoms with van der Waals surface area (Å²) in [5.41, 5.74) is 5.13. The van der Waals surface area contributed by atoms with E-state index in [1.807, 2.05) is 12.1 Å². The van der Waals surface area contributed by atoms with Gasteiger partial charge < -0.3 is 10.6 Å². The quantitative estimate of drug-likeness (QED) is 0.601. The number of anilines is 2. The van der Waals surface area contributed by atoms with Gasteiger partial charge in [-0.05, 0) is 73.9 Å². The van der Waals surface area contributed by atoms with Gasteiger partial charge in [-0.15, -0.1) is 0 Å². The maximum absolute atomic E-state index is 6.26. The van der Waals surface area contributed by atoms with Crippen molar-refractivity contribution >= 4 is 34.6 Å².